The van der Waals surface area contributed by atoms with Crippen molar-refractivity contribution in [3.05, 3.63) is 18.0 Å². The molecule has 0 aliphatic carbocycles. The van der Waals surface area contributed by atoms with E-state index in [1.165, 1.54) is 37.7 Å². The van der Waals surface area contributed by atoms with Gasteiger partial charge in [0.15, 0.2) is 0 Å². The Labute approximate surface area is 88.3 Å². The normalized spacial score (nSPS) is 9.43. The van der Waals surface area contributed by atoms with Gasteiger partial charge in [0.2, 0.25) is 0 Å². The van der Waals surface area contributed by atoms with Crippen molar-refractivity contribution in [2.24, 2.45) is 7.05 Å². The van der Waals surface area contributed by atoms with Crippen molar-refractivity contribution in [1.29, 1.82) is 0 Å². The van der Waals surface area contributed by atoms with E-state index in [0.717, 1.165) is 0 Å². The zero-order chi connectivity index (χ0) is 10.8. The second kappa shape index (κ2) is 8.79. The van der Waals surface area contributed by atoms with E-state index in [1.807, 2.05) is 26.4 Å². The minimum absolute atomic E-state index is 1.21. The largest absolute Gasteiger partial charge is 0.276 e. The second-order valence-corrected chi connectivity index (χ2v) is 3.75. The van der Waals surface area contributed by atoms with Crippen LogP contribution in [0.4, 0.5) is 0 Å². The van der Waals surface area contributed by atoms with Gasteiger partial charge in [-0.3, -0.25) is 4.68 Å². The molecule has 1 aromatic rings. The summed E-state index contributed by atoms with van der Waals surface area (Å²) in [5, 5.41) is 3.93. The lowest BCUT2D eigenvalue weighted by atomic mass is 10.2. The van der Waals surface area contributed by atoms with Crippen molar-refractivity contribution in [2.75, 3.05) is 0 Å². The Morgan fingerprint density at radius 2 is 1.71 bits per heavy atom. The number of rotatable bonds is 4. The molecule has 1 rings (SSSR count). The van der Waals surface area contributed by atoms with Crippen LogP contribution in [0.5, 0.6) is 0 Å². The third-order valence-corrected chi connectivity index (χ3v) is 2.04. The molecular weight excluding hydrogens is 172 g/mol. The highest BCUT2D eigenvalue weighted by Crippen LogP contribution is 2.00. The highest BCUT2D eigenvalue weighted by atomic mass is 15.2. The Kier molecular flexibility index (Phi) is 8.30. The second-order valence-electron chi connectivity index (χ2n) is 3.75. The summed E-state index contributed by atoms with van der Waals surface area (Å²) in [5.41, 5.74) is 1.21. The Balaban J connectivity index is 0.000000241. The number of hydrogen-bond acceptors (Lipinski definition) is 1. The summed E-state index contributed by atoms with van der Waals surface area (Å²) in [7, 11) is 1.91. The molecule has 0 radical (unpaired) electrons. The van der Waals surface area contributed by atoms with Crippen LogP contribution >= 0.6 is 0 Å². The third kappa shape index (κ3) is 7.84. The van der Waals surface area contributed by atoms with Gasteiger partial charge in [0.1, 0.15) is 0 Å². The van der Waals surface area contributed by atoms with Gasteiger partial charge >= 0.3 is 0 Å². The van der Waals surface area contributed by atoms with E-state index in [0.29, 0.717) is 0 Å². The fourth-order valence-electron chi connectivity index (χ4n) is 1.22. The van der Waals surface area contributed by atoms with Gasteiger partial charge < -0.3 is 0 Å². The fraction of sp³-hybridized carbons (Fsp3) is 0.750. The van der Waals surface area contributed by atoms with Gasteiger partial charge in [-0.05, 0) is 12.5 Å². The van der Waals surface area contributed by atoms with Crippen molar-refractivity contribution in [3.8, 4) is 0 Å². The standard InChI is InChI=1S/C7H16.C5H8N2/c1-3-5-7-6-4-2;1-5-3-6-7(2)4-5/h3-7H2,1-2H3;3-4H,1-2H3. The van der Waals surface area contributed by atoms with Gasteiger partial charge in [-0.25, -0.2) is 0 Å². The van der Waals surface area contributed by atoms with E-state index in [-0.39, 0.29) is 0 Å². The molecule has 0 aromatic carbocycles. The SMILES string of the molecule is CCCCCCC.Cc1cnn(C)c1. The molecule has 0 bridgehead atoms. The maximum atomic E-state index is 3.93. The molecule has 0 aliphatic rings. The number of unbranched alkanes of at least 4 members (excludes halogenated alkanes) is 4. The predicted octanol–water partition coefficient (Wildman–Crippen LogP) is 3.71. The molecule has 0 saturated carbocycles. The first-order chi connectivity index (χ1) is 6.70. The van der Waals surface area contributed by atoms with Crippen molar-refractivity contribution >= 4 is 0 Å². The first-order valence-corrected chi connectivity index (χ1v) is 5.66. The average molecular weight is 196 g/mol. The van der Waals surface area contributed by atoms with Gasteiger partial charge in [-0.15, -0.1) is 0 Å². The quantitative estimate of drug-likeness (QED) is 0.671. The maximum Gasteiger partial charge on any atom is 0.0518 e. The summed E-state index contributed by atoms with van der Waals surface area (Å²) in [6, 6.07) is 0. The van der Waals surface area contributed by atoms with Crippen LogP contribution in [0.3, 0.4) is 0 Å². The van der Waals surface area contributed by atoms with Crippen LogP contribution in [0.15, 0.2) is 12.4 Å². The monoisotopic (exact) mass is 196 g/mol. The number of nitrogens with zero attached hydrogens (tertiary/aromatic N) is 2. The summed E-state index contributed by atoms with van der Waals surface area (Å²) in [6.07, 6.45) is 10.8. The van der Waals surface area contributed by atoms with E-state index in [1.54, 1.807) is 4.68 Å². The van der Waals surface area contributed by atoms with Gasteiger partial charge in [0, 0.05) is 13.2 Å². The molecule has 0 unspecified atom stereocenters. The fourth-order valence-corrected chi connectivity index (χ4v) is 1.22. The lowest BCUT2D eigenvalue weighted by Gasteiger charge is -1.90. The van der Waals surface area contributed by atoms with Gasteiger partial charge in [-0.2, -0.15) is 5.10 Å². The molecule has 0 saturated heterocycles. The number of aromatic nitrogens is 2. The lowest BCUT2D eigenvalue weighted by Crippen LogP contribution is -1.83. The highest BCUT2D eigenvalue weighted by Gasteiger charge is 1.81. The molecule has 82 valence electrons. The Bertz CT molecular complexity index is 195. The van der Waals surface area contributed by atoms with E-state index < -0.39 is 0 Å². The van der Waals surface area contributed by atoms with Gasteiger partial charge in [0.05, 0.1) is 6.20 Å². The summed E-state index contributed by atoms with van der Waals surface area (Å²) < 4.78 is 1.79. The molecule has 0 atom stereocenters. The number of aryl methyl sites for hydroxylation is 2. The smallest absolute Gasteiger partial charge is 0.0518 e. The lowest BCUT2D eigenvalue weighted by molar-refractivity contribution is 0.656. The molecular formula is C12H24N2. The van der Waals surface area contributed by atoms with Crippen LogP contribution in [0.2, 0.25) is 0 Å². The van der Waals surface area contributed by atoms with Crippen molar-refractivity contribution in [2.45, 2.75) is 52.9 Å². The Morgan fingerprint density at radius 1 is 1.14 bits per heavy atom. The molecule has 2 heteroatoms. The van der Waals surface area contributed by atoms with E-state index in [2.05, 4.69) is 18.9 Å². The van der Waals surface area contributed by atoms with Crippen LogP contribution in [0.1, 0.15) is 51.5 Å². The van der Waals surface area contributed by atoms with Crippen LogP contribution < -0.4 is 0 Å². The summed E-state index contributed by atoms with van der Waals surface area (Å²) >= 11 is 0. The summed E-state index contributed by atoms with van der Waals surface area (Å²) in [6.45, 7) is 6.51. The maximum absolute atomic E-state index is 3.93. The minimum Gasteiger partial charge on any atom is -0.276 e. The van der Waals surface area contributed by atoms with Crippen molar-refractivity contribution < 1.29 is 0 Å². The molecule has 1 heterocycles. The molecule has 0 fully saturated rings. The van der Waals surface area contributed by atoms with Crippen molar-refractivity contribution in [1.82, 2.24) is 9.78 Å². The first kappa shape index (κ1) is 13.2. The van der Waals surface area contributed by atoms with Crippen LogP contribution in [0, 0.1) is 6.92 Å². The van der Waals surface area contributed by atoms with Gasteiger partial charge in [-0.1, -0.05) is 46.0 Å². The third-order valence-electron chi connectivity index (χ3n) is 2.04. The minimum atomic E-state index is 1.21. The van der Waals surface area contributed by atoms with Gasteiger partial charge in [0.25, 0.3) is 0 Å². The van der Waals surface area contributed by atoms with E-state index in [4.69, 9.17) is 0 Å². The molecule has 0 aliphatic heterocycles. The number of hydrogen-bond donors (Lipinski definition) is 0. The molecule has 1 aromatic heterocycles. The Morgan fingerprint density at radius 3 is 1.93 bits per heavy atom. The molecule has 14 heavy (non-hydrogen) atoms. The average Bonchev–Trinajstić information content (AvgIpc) is 2.52. The first-order valence-electron chi connectivity index (χ1n) is 5.66. The highest BCUT2D eigenvalue weighted by molar-refractivity contribution is 4.98. The molecule has 2 nitrogen and oxygen atoms in total. The molecule has 0 spiro atoms. The van der Waals surface area contributed by atoms with Crippen molar-refractivity contribution in [3.63, 3.8) is 0 Å². The van der Waals surface area contributed by atoms with E-state index in [9.17, 15) is 0 Å². The zero-order valence-electron chi connectivity index (χ0n) is 10.1. The van der Waals surface area contributed by atoms with Crippen LogP contribution in [-0.2, 0) is 7.05 Å². The Hall–Kier alpha value is -0.790. The predicted molar refractivity (Wildman–Crippen MR) is 62.4 cm³/mol. The van der Waals surface area contributed by atoms with E-state index >= 15 is 0 Å². The topological polar surface area (TPSA) is 17.8 Å². The zero-order valence-corrected chi connectivity index (χ0v) is 10.1. The molecule has 0 amide bonds. The van der Waals surface area contributed by atoms with Crippen LogP contribution in [-0.4, -0.2) is 9.78 Å². The summed E-state index contributed by atoms with van der Waals surface area (Å²) in [4.78, 5) is 0. The molecule has 0 N–H and O–H groups in total. The summed E-state index contributed by atoms with van der Waals surface area (Å²) in [5.74, 6) is 0. The van der Waals surface area contributed by atoms with Crippen LogP contribution in [0.25, 0.3) is 0 Å².